The molecule has 1 heterocycles. The van der Waals surface area contributed by atoms with E-state index in [2.05, 4.69) is 28.2 Å². The Morgan fingerprint density at radius 2 is 2.27 bits per heavy atom. The van der Waals surface area contributed by atoms with Crippen LogP contribution in [0.4, 0.5) is 4.39 Å². The van der Waals surface area contributed by atoms with Gasteiger partial charge in [0.25, 0.3) is 0 Å². The lowest BCUT2D eigenvalue weighted by molar-refractivity contribution is -0.0769. The van der Waals surface area contributed by atoms with Crippen LogP contribution in [-0.2, 0) is 11.3 Å². The molecule has 1 fully saturated rings. The van der Waals surface area contributed by atoms with Crippen LogP contribution in [0.3, 0.4) is 0 Å². The maximum atomic E-state index is 13.2. The van der Waals surface area contributed by atoms with Gasteiger partial charge in [-0.3, -0.25) is 0 Å². The van der Waals surface area contributed by atoms with Crippen LogP contribution >= 0.6 is 15.9 Å². The summed E-state index contributed by atoms with van der Waals surface area (Å²) in [5.74, 6) is -0.243. The van der Waals surface area contributed by atoms with E-state index in [-0.39, 0.29) is 11.4 Å². The zero-order valence-electron chi connectivity index (χ0n) is 8.52. The molecular weight excluding hydrogens is 261 g/mol. The average Bonchev–Trinajstić information content (AvgIpc) is 2.17. The highest BCUT2D eigenvalue weighted by atomic mass is 79.9. The smallest absolute Gasteiger partial charge is 0.137 e. The molecule has 82 valence electrons. The van der Waals surface area contributed by atoms with E-state index in [1.165, 1.54) is 6.07 Å². The Hall–Kier alpha value is -0.450. The minimum absolute atomic E-state index is 0.0915. The van der Waals surface area contributed by atoms with Crippen LogP contribution in [0.2, 0.25) is 0 Å². The molecule has 0 spiro atoms. The Labute approximate surface area is 96.9 Å². The maximum Gasteiger partial charge on any atom is 0.137 e. The molecule has 0 radical (unpaired) electrons. The Kier molecular flexibility index (Phi) is 3.09. The van der Waals surface area contributed by atoms with E-state index in [0.717, 1.165) is 18.7 Å². The number of hydrogen-bond donors (Lipinski definition) is 1. The van der Waals surface area contributed by atoms with Crippen LogP contribution in [-0.4, -0.2) is 18.7 Å². The molecule has 15 heavy (non-hydrogen) atoms. The number of nitrogens with one attached hydrogen (secondary N) is 1. The molecule has 0 atom stereocenters. The molecule has 1 aromatic rings. The second-order valence-electron chi connectivity index (χ2n) is 4.06. The van der Waals surface area contributed by atoms with E-state index >= 15 is 0 Å². The lowest BCUT2D eigenvalue weighted by Crippen LogP contribution is -2.58. The first-order valence-corrected chi connectivity index (χ1v) is 5.68. The number of rotatable bonds is 3. The van der Waals surface area contributed by atoms with Gasteiger partial charge in [-0.05, 0) is 34.5 Å². The van der Waals surface area contributed by atoms with Gasteiger partial charge < -0.3 is 10.1 Å². The predicted octanol–water partition coefficient (Wildman–Crippen LogP) is 2.47. The fourth-order valence-corrected chi connectivity index (χ4v) is 1.87. The summed E-state index contributed by atoms with van der Waals surface area (Å²) in [6, 6.07) is 4.99. The van der Waals surface area contributed by atoms with E-state index < -0.39 is 0 Å². The standard InChI is InChI=1S/C11H13BrFNO/c1-11(6-14-7-11)15-5-8-3-2-4-9(13)10(8)12/h2-4,14H,5-7H2,1H3. The van der Waals surface area contributed by atoms with E-state index in [1.54, 1.807) is 6.07 Å². The molecule has 0 amide bonds. The molecule has 1 aliphatic heterocycles. The van der Waals surface area contributed by atoms with Crippen LogP contribution in [0.5, 0.6) is 0 Å². The van der Waals surface area contributed by atoms with Gasteiger partial charge in [0, 0.05) is 13.1 Å². The number of halogens is 2. The van der Waals surface area contributed by atoms with Crippen LogP contribution < -0.4 is 5.32 Å². The van der Waals surface area contributed by atoms with Crippen molar-refractivity contribution >= 4 is 15.9 Å². The van der Waals surface area contributed by atoms with E-state index in [4.69, 9.17) is 4.74 Å². The number of hydrogen-bond acceptors (Lipinski definition) is 2. The molecule has 0 bridgehead atoms. The van der Waals surface area contributed by atoms with Crippen LogP contribution in [0.1, 0.15) is 12.5 Å². The molecule has 1 saturated heterocycles. The fourth-order valence-electron chi connectivity index (χ4n) is 1.49. The summed E-state index contributed by atoms with van der Waals surface area (Å²) in [5, 5.41) is 3.15. The Morgan fingerprint density at radius 3 is 2.87 bits per heavy atom. The quantitative estimate of drug-likeness (QED) is 0.914. The summed E-state index contributed by atoms with van der Waals surface area (Å²) in [5.41, 5.74) is 0.759. The Bertz CT molecular complexity index is 366. The van der Waals surface area contributed by atoms with Gasteiger partial charge in [0.2, 0.25) is 0 Å². The van der Waals surface area contributed by atoms with E-state index in [0.29, 0.717) is 11.1 Å². The maximum absolute atomic E-state index is 13.2. The molecular formula is C11H13BrFNO. The summed E-state index contributed by atoms with van der Waals surface area (Å²) >= 11 is 3.22. The summed E-state index contributed by atoms with van der Waals surface area (Å²) in [7, 11) is 0. The van der Waals surface area contributed by atoms with Crippen molar-refractivity contribution in [2.45, 2.75) is 19.1 Å². The molecule has 4 heteroatoms. The fraction of sp³-hybridized carbons (Fsp3) is 0.455. The molecule has 2 rings (SSSR count). The van der Waals surface area contributed by atoms with Gasteiger partial charge in [-0.15, -0.1) is 0 Å². The van der Waals surface area contributed by atoms with Crippen molar-refractivity contribution in [1.82, 2.24) is 5.32 Å². The third-order valence-electron chi connectivity index (χ3n) is 2.61. The van der Waals surface area contributed by atoms with Gasteiger partial charge in [0.15, 0.2) is 0 Å². The lowest BCUT2D eigenvalue weighted by atomic mass is 10.00. The van der Waals surface area contributed by atoms with Crippen LogP contribution in [0.15, 0.2) is 22.7 Å². The summed E-state index contributed by atoms with van der Waals surface area (Å²) in [4.78, 5) is 0. The molecule has 0 saturated carbocycles. The number of benzene rings is 1. The predicted molar refractivity (Wildman–Crippen MR) is 60.2 cm³/mol. The minimum atomic E-state index is -0.243. The van der Waals surface area contributed by atoms with Crippen molar-refractivity contribution in [2.75, 3.05) is 13.1 Å². The normalized spacial score (nSPS) is 18.6. The van der Waals surface area contributed by atoms with Crippen molar-refractivity contribution in [3.63, 3.8) is 0 Å². The molecule has 0 aliphatic carbocycles. The van der Waals surface area contributed by atoms with Gasteiger partial charge >= 0.3 is 0 Å². The SMILES string of the molecule is CC1(OCc2cccc(F)c2Br)CNC1. The first-order valence-electron chi connectivity index (χ1n) is 4.88. The largest absolute Gasteiger partial charge is 0.368 e. The summed E-state index contributed by atoms with van der Waals surface area (Å²) in [6.07, 6.45) is 0. The summed E-state index contributed by atoms with van der Waals surface area (Å²) < 4.78 is 19.4. The Morgan fingerprint density at radius 1 is 1.53 bits per heavy atom. The van der Waals surface area contributed by atoms with Crippen molar-refractivity contribution in [1.29, 1.82) is 0 Å². The zero-order valence-corrected chi connectivity index (χ0v) is 10.1. The highest BCUT2D eigenvalue weighted by Crippen LogP contribution is 2.24. The van der Waals surface area contributed by atoms with Crippen molar-refractivity contribution in [3.8, 4) is 0 Å². The first-order chi connectivity index (χ1) is 7.11. The minimum Gasteiger partial charge on any atom is -0.368 e. The monoisotopic (exact) mass is 273 g/mol. The third kappa shape index (κ3) is 2.38. The van der Waals surface area contributed by atoms with Crippen LogP contribution in [0.25, 0.3) is 0 Å². The Balaban J connectivity index is 2.01. The number of ether oxygens (including phenoxy) is 1. The van der Waals surface area contributed by atoms with E-state index in [9.17, 15) is 4.39 Å². The molecule has 2 nitrogen and oxygen atoms in total. The summed E-state index contributed by atoms with van der Waals surface area (Å²) in [6.45, 7) is 4.22. The van der Waals surface area contributed by atoms with Gasteiger partial charge in [-0.25, -0.2) is 4.39 Å². The van der Waals surface area contributed by atoms with Gasteiger partial charge in [-0.2, -0.15) is 0 Å². The van der Waals surface area contributed by atoms with Crippen molar-refractivity contribution in [2.24, 2.45) is 0 Å². The van der Waals surface area contributed by atoms with Crippen molar-refractivity contribution in [3.05, 3.63) is 34.1 Å². The third-order valence-corrected chi connectivity index (χ3v) is 3.49. The highest BCUT2D eigenvalue weighted by molar-refractivity contribution is 9.10. The van der Waals surface area contributed by atoms with Gasteiger partial charge in [-0.1, -0.05) is 12.1 Å². The molecule has 1 aromatic carbocycles. The highest BCUT2D eigenvalue weighted by Gasteiger charge is 2.32. The molecule has 1 N–H and O–H groups in total. The second kappa shape index (κ2) is 4.20. The first kappa shape index (κ1) is 11.0. The lowest BCUT2D eigenvalue weighted by Gasteiger charge is -2.39. The second-order valence-corrected chi connectivity index (χ2v) is 4.85. The molecule has 0 aromatic heterocycles. The molecule has 0 unspecified atom stereocenters. The zero-order chi connectivity index (χ0) is 10.9. The van der Waals surface area contributed by atoms with E-state index in [1.807, 2.05) is 6.07 Å². The van der Waals surface area contributed by atoms with Crippen LogP contribution in [0, 0.1) is 5.82 Å². The molecule has 1 aliphatic rings. The topological polar surface area (TPSA) is 21.3 Å². The average molecular weight is 274 g/mol. The van der Waals surface area contributed by atoms with Crippen molar-refractivity contribution < 1.29 is 9.13 Å². The van der Waals surface area contributed by atoms with Gasteiger partial charge in [0.05, 0.1) is 16.7 Å². The van der Waals surface area contributed by atoms with Gasteiger partial charge in [0.1, 0.15) is 5.82 Å².